The number of benzene rings is 2. The number of methoxy groups -OCH3 is 1. The first-order valence-electron chi connectivity index (χ1n) is 8.28. The molecule has 0 unspecified atom stereocenters. The highest BCUT2D eigenvalue weighted by Crippen LogP contribution is 2.35. The van der Waals surface area contributed by atoms with Crippen molar-refractivity contribution >= 4 is 16.6 Å². The third kappa shape index (κ3) is 2.70. The number of aromatic nitrogens is 2. The zero-order valence-corrected chi connectivity index (χ0v) is 14.6. The van der Waals surface area contributed by atoms with Crippen molar-refractivity contribution in [1.82, 2.24) is 9.55 Å². The van der Waals surface area contributed by atoms with Gasteiger partial charge < -0.3 is 9.30 Å². The number of nitrogens with zero attached hydrogens (tertiary/aromatic N) is 3. The van der Waals surface area contributed by atoms with Crippen molar-refractivity contribution in [3.8, 4) is 22.6 Å². The first-order valence-corrected chi connectivity index (χ1v) is 8.28. The van der Waals surface area contributed by atoms with Crippen molar-refractivity contribution in [2.45, 2.75) is 6.92 Å². The standard InChI is InChI=1S/C22H17N3O/c1-15-10-16(13-24-12-15)21-14-25(18-5-7-19(26-3)8-6-18)22-9-4-17(23-2)11-20(21)22/h4-14H,1,3H3. The maximum absolute atomic E-state index is 7.34. The summed E-state index contributed by atoms with van der Waals surface area (Å²) in [5.74, 6) is 0.823. The lowest BCUT2D eigenvalue weighted by molar-refractivity contribution is 0.415. The van der Waals surface area contributed by atoms with Crippen molar-refractivity contribution in [2.24, 2.45) is 0 Å². The van der Waals surface area contributed by atoms with Gasteiger partial charge in [0.25, 0.3) is 0 Å². The molecule has 4 heteroatoms. The van der Waals surface area contributed by atoms with E-state index in [9.17, 15) is 0 Å². The lowest BCUT2D eigenvalue weighted by Gasteiger charge is -2.06. The van der Waals surface area contributed by atoms with Crippen molar-refractivity contribution < 1.29 is 4.74 Å². The normalized spacial score (nSPS) is 10.7. The molecule has 0 fully saturated rings. The number of hydrogen-bond acceptors (Lipinski definition) is 2. The van der Waals surface area contributed by atoms with Gasteiger partial charge in [0.2, 0.25) is 0 Å². The Morgan fingerprint density at radius 1 is 1.04 bits per heavy atom. The monoisotopic (exact) mass is 339 g/mol. The number of pyridine rings is 1. The molecule has 0 bridgehead atoms. The second kappa shape index (κ2) is 6.38. The van der Waals surface area contributed by atoms with Crippen LogP contribution in [0.1, 0.15) is 5.56 Å². The van der Waals surface area contributed by atoms with E-state index >= 15 is 0 Å². The van der Waals surface area contributed by atoms with Crippen LogP contribution in [0.5, 0.6) is 5.75 Å². The average Bonchev–Trinajstić information content (AvgIpc) is 3.06. The van der Waals surface area contributed by atoms with Crippen molar-refractivity contribution in [3.63, 3.8) is 0 Å². The van der Waals surface area contributed by atoms with Crippen LogP contribution in [0.25, 0.3) is 32.6 Å². The smallest absolute Gasteiger partial charge is 0.188 e. The molecular formula is C22H17N3O. The van der Waals surface area contributed by atoms with Crippen LogP contribution in [0.4, 0.5) is 5.69 Å². The van der Waals surface area contributed by atoms with E-state index in [-0.39, 0.29) is 0 Å². The SMILES string of the molecule is [C-]#[N+]c1ccc2c(c1)c(-c1cncc(C)c1)cn2-c1ccc(OC)cc1. The van der Waals surface area contributed by atoms with Gasteiger partial charge >= 0.3 is 0 Å². The molecule has 4 aromatic rings. The lowest BCUT2D eigenvalue weighted by atomic mass is 10.1. The van der Waals surface area contributed by atoms with Gasteiger partial charge in [-0.1, -0.05) is 6.07 Å². The second-order valence-corrected chi connectivity index (χ2v) is 6.18. The summed E-state index contributed by atoms with van der Waals surface area (Å²) >= 11 is 0. The fraction of sp³-hybridized carbons (Fsp3) is 0.0909. The summed E-state index contributed by atoms with van der Waals surface area (Å²) in [5, 5.41) is 1.04. The van der Waals surface area contributed by atoms with E-state index in [1.165, 1.54) is 0 Å². The first-order chi connectivity index (χ1) is 12.7. The van der Waals surface area contributed by atoms with E-state index in [2.05, 4.69) is 26.7 Å². The van der Waals surface area contributed by atoms with Gasteiger partial charge in [-0.15, -0.1) is 0 Å². The minimum absolute atomic E-state index is 0.631. The van der Waals surface area contributed by atoms with Gasteiger partial charge in [0, 0.05) is 35.4 Å². The zero-order chi connectivity index (χ0) is 18.1. The third-order valence-electron chi connectivity index (χ3n) is 4.45. The molecule has 0 atom stereocenters. The Hall–Kier alpha value is -3.58. The summed E-state index contributed by atoms with van der Waals surface area (Å²) in [6.07, 6.45) is 5.82. The lowest BCUT2D eigenvalue weighted by Crippen LogP contribution is -1.92. The van der Waals surface area contributed by atoms with Gasteiger partial charge in [-0.25, -0.2) is 4.85 Å². The molecule has 4 nitrogen and oxygen atoms in total. The van der Waals surface area contributed by atoms with Gasteiger partial charge in [-0.2, -0.15) is 0 Å². The second-order valence-electron chi connectivity index (χ2n) is 6.18. The molecule has 0 saturated carbocycles. The summed E-state index contributed by atoms with van der Waals surface area (Å²) in [6.45, 7) is 9.37. The Balaban J connectivity index is 1.98. The molecule has 0 spiro atoms. The molecule has 0 aliphatic heterocycles. The highest BCUT2D eigenvalue weighted by molar-refractivity contribution is 5.99. The van der Waals surface area contributed by atoms with Crippen LogP contribution in [0.3, 0.4) is 0 Å². The third-order valence-corrected chi connectivity index (χ3v) is 4.45. The summed E-state index contributed by atoms with van der Waals surface area (Å²) in [5.41, 5.74) is 5.94. The summed E-state index contributed by atoms with van der Waals surface area (Å²) in [4.78, 5) is 7.91. The minimum atomic E-state index is 0.631. The van der Waals surface area contributed by atoms with Crippen LogP contribution in [0, 0.1) is 13.5 Å². The largest absolute Gasteiger partial charge is 0.497 e. The van der Waals surface area contributed by atoms with E-state index in [4.69, 9.17) is 11.3 Å². The number of rotatable bonds is 3. The Kier molecular flexibility index (Phi) is 3.91. The van der Waals surface area contributed by atoms with E-state index in [1.54, 1.807) is 7.11 Å². The van der Waals surface area contributed by atoms with Crippen LogP contribution >= 0.6 is 0 Å². The first kappa shape index (κ1) is 15.9. The van der Waals surface area contributed by atoms with Gasteiger partial charge in [-0.3, -0.25) is 4.98 Å². The topological polar surface area (TPSA) is 31.4 Å². The fourth-order valence-electron chi connectivity index (χ4n) is 3.18. The number of ether oxygens (including phenoxy) is 1. The molecule has 0 amide bonds. The quantitative estimate of drug-likeness (QED) is 0.458. The summed E-state index contributed by atoms with van der Waals surface area (Å²) in [6, 6.07) is 15.9. The zero-order valence-electron chi connectivity index (χ0n) is 14.6. The molecular weight excluding hydrogens is 322 g/mol. The van der Waals surface area contributed by atoms with Gasteiger partial charge in [0.05, 0.1) is 19.2 Å². The Bertz CT molecular complexity index is 1130. The van der Waals surface area contributed by atoms with E-state index in [0.29, 0.717) is 5.69 Å². The predicted molar refractivity (Wildman–Crippen MR) is 104 cm³/mol. The maximum atomic E-state index is 7.34. The molecule has 2 aromatic heterocycles. The molecule has 0 aliphatic rings. The molecule has 26 heavy (non-hydrogen) atoms. The molecule has 0 N–H and O–H groups in total. The predicted octanol–water partition coefficient (Wildman–Crippen LogP) is 5.56. The van der Waals surface area contributed by atoms with Crippen molar-refractivity contribution in [1.29, 1.82) is 0 Å². The molecule has 2 heterocycles. The molecule has 0 saturated heterocycles. The van der Waals surface area contributed by atoms with Crippen LogP contribution in [-0.2, 0) is 0 Å². The Morgan fingerprint density at radius 2 is 1.85 bits per heavy atom. The highest BCUT2D eigenvalue weighted by Gasteiger charge is 2.13. The van der Waals surface area contributed by atoms with Crippen molar-refractivity contribution in [3.05, 3.63) is 84.1 Å². The molecule has 4 rings (SSSR count). The molecule has 0 radical (unpaired) electrons. The number of aryl methyl sites for hydroxylation is 1. The summed E-state index contributed by atoms with van der Waals surface area (Å²) < 4.78 is 7.40. The maximum Gasteiger partial charge on any atom is 0.188 e. The summed E-state index contributed by atoms with van der Waals surface area (Å²) in [7, 11) is 1.66. The van der Waals surface area contributed by atoms with Crippen LogP contribution < -0.4 is 4.74 Å². The number of fused-ring (bicyclic) bond motifs is 1. The highest BCUT2D eigenvalue weighted by atomic mass is 16.5. The van der Waals surface area contributed by atoms with E-state index in [1.807, 2.05) is 61.8 Å². The minimum Gasteiger partial charge on any atom is -0.497 e. The Morgan fingerprint density at radius 3 is 2.54 bits per heavy atom. The molecule has 0 aliphatic carbocycles. The Labute approximate surface area is 152 Å². The van der Waals surface area contributed by atoms with Crippen molar-refractivity contribution in [2.75, 3.05) is 7.11 Å². The van der Waals surface area contributed by atoms with Crippen LogP contribution in [0.2, 0.25) is 0 Å². The van der Waals surface area contributed by atoms with Crippen LogP contribution in [-0.4, -0.2) is 16.7 Å². The van der Waals surface area contributed by atoms with Gasteiger partial charge in [0.15, 0.2) is 5.69 Å². The van der Waals surface area contributed by atoms with E-state index in [0.717, 1.165) is 39.0 Å². The van der Waals surface area contributed by atoms with Crippen LogP contribution in [0.15, 0.2) is 67.1 Å². The van der Waals surface area contributed by atoms with Gasteiger partial charge in [0.1, 0.15) is 5.75 Å². The molecule has 2 aromatic carbocycles. The average molecular weight is 339 g/mol. The number of hydrogen-bond donors (Lipinski definition) is 0. The van der Waals surface area contributed by atoms with Gasteiger partial charge in [-0.05, 0) is 60.3 Å². The molecule has 126 valence electrons. The fourth-order valence-corrected chi connectivity index (χ4v) is 3.18. The van der Waals surface area contributed by atoms with E-state index < -0.39 is 0 Å².